The summed E-state index contributed by atoms with van der Waals surface area (Å²) in [5.41, 5.74) is 1.93. The highest BCUT2D eigenvalue weighted by Crippen LogP contribution is 2.22. The summed E-state index contributed by atoms with van der Waals surface area (Å²) in [6.45, 7) is 4.95. The van der Waals surface area contributed by atoms with Gasteiger partial charge in [-0.15, -0.1) is 0 Å². The molecule has 2 rings (SSSR count). The molecule has 0 aliphatic carbocycles. The maximum atomic E-state index is 12.2. The molecule has 1 fully saturated rings. The molecule has 1 N–H and O–H groups in total. The number of hydrogen-bond acceptors (Lipinski definition) is 4. The zero-order valence-electron chi connectivity index (χ0n) is 15.9. The fourth-order valence-electron chi connectivity index (χ4n) is 3.16. The van der Waals surface area contributed by atoms with Gasteiger partial charge < -0.3 is 10.2 Å². The number of carbonyl (C=O) groups is 1. The molecule has 0 radical (unpaired) electrons. The molecule has 0 bridgehead atoms. The van der Waals surface area contributed by atoms with Gasteiger partial charge in [-0.25, -0.2) is 12.7 Å². The van der Waals surface area contributed by atoms with Gasteiger partial charge in [0.05, 0.1) is 6.26 Å². The van der Waals surface area contributed by atoms with Gasteiger partial charge in [0, 0.05) is 44.0 Å². The molecule has 146 valence electrons. The second-order valence-corrected chi connectivity index (χ2v) is 8.89. The van der Waals surface area contributed by atoms with E-state index in [2.05, 4.69) is 17.1 Å². The van der Waals surface area contributed by atoms with Crippen LogP contribution in [0.15, 0.2) is 24.3 Å². The van der Waals surface area contributed by atoms with Crippen molar-refractivity contribution in [1.29, 1.82) is 0 Å². The lowest BCUT2D eigenvalue weighted by molar-refractivity contribution is -0.116. The first-order chi connectivity index (χ1) is 12.4. The predicted molar refractivity (Wildman–Crippen MR) is 107 cm³/mol. The van der Waals surface area contributed by atoms with Gasteiger partial charge in [-0.2, -0.15) is 0 Å². The van der Waals surface area contributed by atoms with Crippen LogP contribution in [0.2, 0.25) is 0 Å². The Labute approximate surface area is 157 Å². The zero-order chi connectivity index (χ0) is 19.0. The summed E-state index contributed by atoms with van der Waals surface area (Å²) in [4.78, 5) is 14.5. The first kappa shape index (κ1) is 20.7. The van der Waals surface area contributed by atoms with E-state index in [1.54, 1.807) is 0 Å². The Morgan fingerprint density at radius 1 is 1.12 bits per heavy atom. The molecule has 1 aliphatic heterocycles. The van der Waals surface area contributed by atoms with Crippen molar-refractivity contribution in [1.82, 2.24) is 4.31 Å². The van der Waals surface area contributed by atoms with E-state index in [0.717, 1.165) is 38.0 Å². The van der Waals surface area contributed by atoms with Crippen molar-refractivity contribution in [2.75, 3.05) is 42.7 Å². The van der Waals surface area contributed by atoms with Gasteiger partial charge in [-0.1, -0.05) is 19.8 Å². The third-order valence-corrected chi connectivity index (χ3v) is 5.99. The number of nitrogens with one attached hydrogen (secondary N) is 1. The van der Waals surface area contributed by atoms with Crippen LogP contribution in [-0.2, 0) is 14.8 Å². The molecule has 0 spiro atoms. The minimum Gasteiger partial charge on any atom is -0.372 e. The Morgan fingerprint density at radius 3 is 2.35 bits per heavy atom. The van der Waals surface area contributed by atoms with Crippen LogP contribution in [-0.4, -0.2) is 51.1 Å². The quantitative estimate of drug-likeness (QED) is 0.633. The minimum absolute atomic E-state index is 0.160. The molecule has 1 aromatic carbocycles. The van der Waals surface area contributed by atoms with E-state index < -0.39 is 10.0 Å². The molecular formula is C19H31N3O3S. The van der Waals surface area contributed by atoms with Crippen molar-refractivity contribution in [3.05, 3.63) is 24.3 Å². The minimum atomic E-state index is -3.28. The van der Waals surface area contributed by atoms with Gasteiger partial charge in [0.2, 0.25) is 15.9 Å². The Kier molecular flexibility index (Phi) is 7.90. The topological polar surface area (TPSA) is 69.7 Å². The standard InChI is InChI=1S/C19H31N3O3S/c1-3-4-5-15-22(26(2,24)25)16-12-19(23)20-17-8-10-18(11-9-17)21-13-6-7-14-21/h8-11H,3-7,12-16H2,1-2H3,(H,20,23). The van der Waals surface area contributed by atoms with Gasteiger partial charge in [-0.05, 0) is 43.5 Å². The van der Waals surface area contributed by atoms with Gasteiger partial charge >= 0.3 is 0 Å². The van der Waals surface area contributed by atoms with Gasteiger partial charge in [0.15, 0.2) is 0 Å². The van der Waals surface area contributed by atoms with Crippen LogP contribution in [0.3, 0.4) is 0 Å². The maximum absolute atomic E-state index is 12.2. The zero-order valence-corrected chi connectivity index (χ0v) is 16.7. The van der Waals surface area contributed by atoms with Crippen molar-refractivity contribution >= 4 is 27.3 Å². The summed E-state index contributed by atoms with van der Waals surface area (Å²) < 4.78 is 25.1. The summed E-state index contributed by atoms with van der Waals surface area (Å²) >= 11 is 0. The molecule has 1 aliphatic rings. The maximum Gasteiger partial charge on any atom is 0.225 e. The molecule has 1 aromatic rings. The van der Waals surface area contributed by atoms with E-state index in [-0.39, 0.29) is 18.9 Å². The van der Waals surface area contributed by atoms with E-state index >= 15 is 0 Å². The van der Waals surface area contributed by atoms with Crippen LogP contribution in [0.25, 0.3) is 0 Å². The first-order valence-electron chi connectivity index (χ1n) is 9.50. The highest BCUT2D eigenvalue weighted by molar-refractivity contribution is 7.88. The fraction of sp³-hybridized carbons (Fsp3) is 0.632. The molecule has 7 heteroatoms. The number of benzene rings is 1. The third-order valence-electron chi connectivity index (χ3n) is 4.69. The Hall–Kier alpha value is -1.60. The van der Waals surface area contributed by atoms with Crippen LogP contribution < -0.4 is 10.2 Å². The summed E-state index contributed by atoms with van der Waals surface area (Å²) in [5.74, 6) is -0.164. The molecule has 0 saturated carbocycles. The van der Waals surface area contributed by atoms with E-state index in [1.165, 1.54) is 29.1 Å². The lowest BCUT2D eigenvalue weighted by Crippen LogP contribution is -2.33. The van der Waals surface area contributed by atoms with Crippen molar-refractivity contribution in [3.8, 4) is 0 Å². The van der Waals surface area contributed by atoms with Crippen molar-refractivity contribution in [3.63, 3.8) is 0 Å². The van der Waals surface area contributed by atoms with Crippen LogP contribution in [0.4, 0.5) is 11.4 Å². The van der Waals surface area contributed by atoms with Gasteiger partial charge in [-0.3, -0.25) is 4.79 Å². The number of hydrogen-bond donors (Lipinski definition) is 1. The van der Waals surface area contributed by atoms with Gasteiger partial charge in [0.1, 0.15) is 0 Å². The van der Waals surface area contributed by atoms with Crippen LogP contribution in [0.1, 0.15) is 45.4 Å². The van der Waals surface area contributed by atoms with Crippen LogP contribution in [0.5, 0.6) is 0 Å². The molecular weight excluding hydrogens is 350 g/mol. The van der Waals surface area contributed by atoms with E-state index in [9.17, 15) is 13.2 Å². The average Bonchev–Trinajstić information content (AvgIpc) is 3.12. The van der Waals surface area contributed by atoms with E-state index in [0.29, 0.717) is 6.54 Å². The summed E-state index contributed by atoms with van der Waals surface area (Å²) in [6.07, 6.45) is 6.67. The number of rotatable bonds is 10. The number of nitrogens with zero attached hydrogens (tertiary/aromatic N) is 2. The molecule has 1 heterocycles. The molecule has 0 aromatic heterocycles. The fourth-order valence-corrected chi connectivity index (χ4v) is 4.05. The normalized spacial score (nSPS) is 14.8. The second-order valence-electron chi connectivity index (χ2n) is 6.91. The third kappa shape index (κ3) is 6.61. The van der Waals surface area contributed by atoms with Crippen LogP contribution in [0, 0.1) is 0 Å². The van der Waals surface area contributed by atoms with Crippen molar-refractivity contribution in [2.45, 2.75) is 45.4 Å². The Bertz CT molecular complexity index is 668. The van der Waals surface area contributed by atoms with Crippen molar-refractivity contribution in [2.24, 2.45) is 0 Å². The van der Waals surface area contributed by atoms with Crippen LogP contribution >= 0.6 is 0 Å². The smallest absolute Gasteiger partial charge is 0.225 e. The Balaban J connectivity index is 1.82. The molecule has 26 heavy (non-hydrogen) atoms. The molecule has 0 unspecified atom stereocenters. The molecule has 1 amide bonds. The number of sulfonamides is 1. The monoisotopic (exact) mass is 381 g/mol. The molecule has 1 saturated heterocycles. The number of carbonyl (C=O) groups excluding carboxylic acids is 1. The number of unbranched alkanes of at least 4 members (excludes halogenated alkanes) is 2. The second kappa shape index (κ2) is 9.92. The molecule has 6 nitrogen and oxygen atoms in total. The summed E-state index contributed by atoms with van der Waals surface area (Å²) in [6, 6.07) is 7.85. The van der Waals surface area contributed by atoms with Gasteiger partial charge in [0.25, 0.3) is 0 Å². The first-order valence-corrected chi connectivity index (χ1v) is 11.3. The lowest BCUT2D eigenvalue weighted by atomic mass is 10.2. The van der Waals surface area contributed by atoms with Crippen molar-refractivity contribution < 1.29 is 13.2 Å². The highest BCUT2D eigenvalue weighted by atomic mass is 32.2. The molecule has 0 atom stereocenters. The lowest BCUT2D eigenvalue weighted by Gasteiger charge is -2.20. The SMILES string of the molecule is CCCCCN(CCC(=O)Nc1ccc(N2CCCC2)cc1)S(C)(=O)=O. The predicted octanol–water partition coefficient (Wildman–Crippen LogP) is 3.07. The number of anilines is 2. The highest BCUT2D eigenvalue weighted by Gasteiger charge is 2.17. The largest absolute Gasteiger partial charge is 0.372 e. The average molecular weight is 382 g/mol. The van der Waals surface area contributed by atoms with E-state index in [1.807, 2.05) is 24.3 Å². The van der Waals surface area contributed by atoms with E-state index in [4.69, 9.17) is 0 Å². The number of amides is 1. The Morgan fingerprint density at radius 2 is 1.77 bits per heavy atom. The summed E-state index contributed by atoms with van der Waals surface area (Å²) in [5, 5.41) is 2.85. The summed E-state index contributed by atoms with van der Waals surface area (Å²) in [7, 11) is -3.28.